The first-order chi connectivity index (χ1) is 16.7. The summed E-state index contributed by atoms with van der Waals surface area (Å²) >= 11 is 0. The van der Waals surface area contributed by atoms with Gasteiger partial charge in [0.05, 0.1) is 5.57 Å². The van der Waals surface area contributed by atoms with Crippen molar-refractivity contribution in [3.63, 3.8) is 0 Å². The van der Waals surface area contributed by atoms with E-state index in [0.29, 0.717) is 11.3 Å². The van der Waals surface area contributed by atoms with Crippen LogP contribution in [0.4, 0.5) is 5.69 Å². The molecule has 0 heterocycles. The summed E-state index contributed by atoms with van der Waals surface area (Å²) in [5.74, 6) is 0.725. The lowest BCUT2D eigenvalue weighted by atomic mass is 9.49. The molecule has 4 rings (SSSR count). The molecule has 0 unspecified atom stereocenters. The largest absolute Gasteiger partial charge is 0.355 e. The average molecular weight is 469 g/mol. The molecule has 2 aliphatic carbocycles. The van der Waals surface area contributed by atoms with E-state index in [1.54, 1.807) is 0 Å². The van der Waals surface area contributed by atoms with Gasteiger partial charge in [0, 0.05) is 17.4 Å². The summed E-state index contributed by atoms with van der Waals surface area (Å²) in [5.41, 5.74) is 8.95. The highest BCUT2D eigenvalue weighted by atomic mass is 16.1. The van der Waals surface area contributed by atoms with Crippen LogP contribution in [0.3, 0.4) is 0 Å². The smallest absolute Gasteiger partial charge is 0.253 e. The fourth-order valence-electron chi connectivity index (χ4n) is 5.79. The lowest BCUT2D eigenvalue weighted by Crippen LogP contribution is -2.56. The molecule has 0 radical (unpaired) electrons. The zero-order valence-electron chi connectivity index (χ0n) is 22.0. The summed E-state index contributed by atoms with van der Waals surface area (Å²) in [4.78, 5) is 13.4. The minimum absolute atomic E-state index is 0.0308. The maximum Gasteiger partial charge on any atom is 0.253 e. The summed E-state index contributed by atoms with van der Waals surface area (Å²) in [5, 5.41) is 6.88. The number of carbonyl (C=O) groups is 1. The van der Waals surface area contributed by atoms with Crippen LogP contribution in [0.5, 0.6) is 0 Å². The summed E-state index contributed by atoms with van der Waals surface area (Å²) < 4.78 is 0. The Morgan fingerprint density at radius 1 is 0.886 bits per heavy atom. The van der Waals surface area contributed by atoms with Gasteiger partial charge in [-0.3, -0.25) is 4.79 Å². The molecule has 1 spiro atoms. The molecule has 3 heteroatoms. The van der Waals surface area contributed by atoms with E-state index in [-0.39, 0.29) is 11.9 Å². The molecule has 3 nitrogen and oxygen atoms in total. The van der Waals surface area contributed by atoms with E-state index >= 15 is 0 Å². The van der Waals surface area contributed by atoms with Crippen molar-refractivity contribution in [3.8, 4) is 11.1 Å². The Morgan fingerprint density at radius 3 is 2.03 bits per heavy atom. The third-order valence-corrected chi connectivity index (χ3v) is 7.82. The van der Waals surface area contributed by atoms with Crippen LogP contribution in [0.15, 0.2) is 89.2 Å². The second-order valence-corrected chi connectivity index (χ2v) is 11.0. The van der Waals surface area contributed by atoms with Gasteiger partial charge in [-0.2, -0.15) is 0 Å². The van der Waals surface area contributed by atoms with Crippen molar-refractivity contribution in [3.05, 3.63) is 89.2 Å². The van der Waals surface area contributed by atoms with E-state index in [2.05, 4.69) is 86.5 Å². The summed E-state index contributed by atoms with van der Waals surface area (Å²) in [6.07, 6.45) is 5.78. The summed E-state index contributed by atoms with van der Waals surface area (Å²) in [7, 11) is 0. The van der Waals surface area contributed by atoms with Gasteiger partial charge in [-0.1, -0.05) is 72.7 Å². The number of amides is 1. The predicted octanol–water partition coefficient (Wildman–Crippen LogP) is 8.04. The maximum atomic E-state index is 13.4. The first-order valence-corrected chi connectivity index (χ1v) is 13.0. The minimum Gasteiger partial charge on any atom is -0.355 e. The van der Waals surface area contributed by atoms with Crippen molar-refractivity contribution in [2.75, 3.05) is 5.32 Å². The molecule has 35 heavy (non-hydrogen) atoms. The Bertz CT molecular complexity index is 1130. The van der Waals surface area contributed by atoms with Crippen LogP contribution >= 0.6 is 0 Å². The van der Waals surface area contributed by atoms with Crippen LogP contribution in [0.25, 0.3) is 11.1 Å². The fraction of sp³-hybridized carbons (Fsp3) is 0.406. The van der Waals surface area contributed by atoms with Gasteiger partial charge < -0.3 is 10.6 Å². The number of hydrogen-bond donors (Lipinski definition) is 2. The molecule has 0 bridgehead atoms. The first-order valence-electron chi connectivity index (χ1n) is 13.0. The predicted molar refractivity (Wildman–Crippen MR) is 148 cm³/mol. The van der Waals surface area contributed by atoms with Crippen molar-refractivity contribution in [1.29, 1.82) is 0 Å². The molecule has 2 aromatic carbocycles. The monoisotopic (exact) mass is 468 g/mol. The second-order valence-electron chi connectivity index (χ2n) is 11.0. The van der Waals surface area contributed by atoms with E-state index < -0.39 is 0 Å². The normalized spacial score (nSPS) is 22.4. The number of benzene rings is 2. The third kappa shape index (κ3) is 5.45. The minimum atomic E-state index is 0.0308. The molecule has 2 fully saturated rings. The number of hydrogen-bond acceptors (Lipinski definition) is 2. The van der Waals surface area contributed by atoms with E-state index in [0.717, 1.165) is 47.4 Å². The Morgan fingerprint density at radius 2 is 1.49 bits per heavy atom. The number of carbonyl (C=O) groups excluding carboxylic acids is 1. The van der Waals surface area contributed by atoms with Crippen LogP contribution in [0, 0.1) is 11.3 Å². The Kier molecular flexibility index (Phi) is 7.35. The van der Waals surface area contributed by atoms with Gasteiger partial charge in [-0.05, 0) is 94.4 Å². The average Bonchev–Trinajstić information content (AvgIpc) is 2.79. The number of anilines is 1. The van der Waals surface area contributed by atoms with Gasteiger partial charge in [0.2, 0.25) is 0 Å². The molecule has 1 amide bonds. The van der Waals surface area contributed by atoms with Gasteiger partial charge >= 0.3 is 0 Å². The van der Waals surface area contributed by atoms with Gasteiger partial charge in [0.15, 0.2) is 0 Å². The molecular weight excluding hydrogens is 428 g/mol. The van der Waals surface area contributed by atoms with Crippen molar-refractivity contribution >= 4 is 11.6 Å². The molecule has 2 saturated carbocycles. The number of rotatable bonds is 8. The highest BCUT2D eigenvalue weighted by molar-refractivity contribution is 5.99. The Balaban J connectivity index is 1.41. The lowest BCUT2D eigenvalue weighted by Gasteiger charge is -2.58. The van der Waals surface area contributed by atoms with Gasteiger partial charge in [-0.15, -0.1) is 0 Å². The SMILES string of the molecule is C=C(CC)C1CC2(CC(NC(=O)C(=C(C)C)C(Nc3ccc(-c4ccccc4)cc3)=C(C)C)C2)C1. The highest BCUT2D eigenvalue weighted by Crippen LogP contribution is 2.60. The molecule has 184 valence electrons. The topological polar surface area (TPSA) is 41.1 Å². The second kappa shape index (κ2) is 10.3. The van der Waals surface area contributed by atoms with Crippen LogP contribution in [0.1, 0.15) is 66.7 Å². The van der Waals surface area contributed by atoms with Crippen molar-refractivity contribution in [1.82, 2.24) is 5.32 Å². The van der Waals surface area contributed by atoms with Crippen molar-refractivity contribution in [2.45, 2.75) is 72.8 Å². The highest BCUT2D eigenvalue weighted by Gasteiger charge is 2.53. The molecule has 0 aliphatic heterocycles. The van der Waals surface area contributed by atoms with Gasteiger partial charge in [-0.25, -0.2) is 0 Å². The third-order valence-electron chi connectivity index (χ3n) is 7.82. The zero-order valence-corrected chi connectivity index (χ0v) is 22.0. The van der Waals surface area contributed by atoms with Crippen molar-refractivity contribution in [2.24, 2.45) is 11.3 Å². The summed E-state index contributed by atoms with van der Waals surface area (Å²) in [6.45, 7) is 14.6. The van der Waals surface area contributed by atoms with Crippen molar-refractivity contribution < 1.29 is 4.79 Å². The maximum absolute atomic E-state index is 13.4. The first kappa shape index (κ1) is 25.0. The van der Waals surface area contributed by atoms with E-state index in [1.807, 2.05) is 19.9 Å². The van der Waals surface area contributed by atoms with Gasteiger partial charge in [0.1, 0.15) is 0 Å². The zero-order chi connectivity index (χ0) is 25.2. The summed E-state index contributed by atoms with van der Waals surface area (Å²) in [6, 6.07) is 19.0. The number of allylic oxidation sites excluding steroid dienone is 3. The van der Waals surface area contributed by atoms with Crippen LogP contribution in [0.2, 0.25) is 0 Å². The molecule has 0 saturated heterocycles. The van der Waals surface area contributed by atoms with Gasteiger partial charge in [0.25, 0.3) is 5.91 Å². The standard InChI is InChI=1S/C32H40N2O/c1-7-23(6)26-17-32(18-26)19-28(20-32)34-31(35)29(21(2)3)30(22(4)5)33-27-15-13-25(14-16-27)24-11-9-8-10-12-24/h8-16,26,28,33H,6-7,17-20H2,1-5H3,(H,34,35). The van der Waals surface area contributed by atoms with Crippen LogP contribution < -0.4 is 10.6 Å². The van der Waals surface area contributed by atoms with Crippen LogP contribution in [-0.2, 0) is 4.79 Å². The van der Waals surface area contributed by atoms with E-state index in [9.17, 15) is 4.79 Å². The molecule has 2 aliphatic rings. The lowest BCUT2D eigenvalue weighted by molar-refractivity contribution is -0.121. The molecule has 2 N–H and O–H groups in total. The fourth-order valence-corrected chi connectivity index (χ4v) is 5.79. The number of nitrogens with one attached hydrogen (secondary N) is 2. The van der Waals surface area contributed by atoms with E-state index in [1.165, 1.54) is 29.5 Å². The molecular formula is C32H40N2O. The molecule has 0 atom stereocenters. The van der Waals surface area contributed by atoms with E-state index in [4.69, 9.17) is 0 Å². The molecule has 0 aromatic heterocycles. The van der Waals surface area contributed by atoms with Crippen LogP contribution in [-0.4, -0.2) is 11.9 Å². The Labute approximate surface area is 211 Å². The molecule has 2 aromatic rings. The quantitative estimate of drug-likeness (QED) is 0.234. The Hall–Kier alpha value is -3.07.